The summed E-state index contributed by atoms with van der Waals surface area (Å²) in [5, 5.41) is 0. The van der Waals surface area contributed by atoms with Gasteiger partial charge in [-0.15, -0.1) is 0 Å². The molecule has 1 aliphatic rings. The van der Waals surface area contributed by atoms with Gasteiger partial charge in [-0.3, -0.25) is 14.3 Å². The largest absolute Gasteiger partial charge is 0.343 e. The predicted octanol–water partition coefficient (Wildman–Crippen LogP) is -0.00280. The fourth-order valence-corrected chi connectivity index (χ4v) is 2.05. The Hall–Kier alpha value is -1.76. The van der Waals surface area contributed by atoms with E-state index in [0.29, 0.717) is 6.29 Å². The van der Waals surface area contributed by atoms with Gasteiger partial charge in [0, 0.05) is 18.2 Å². The van der Waals surface area contributed by atoms with E-state index in [2.05, 4.69) is 0 Å². The summed E-state index contributed by atoms with van der Waals surface area (Å²) >= 11 is 0. The third kappa shape index (κ3) is 1.80. The van der Waals surface area contributed by atoms with Crippen LogP contribution in [0, 0.1) is 5.92 Å². The monoisotopic (exact) mass is 256 g/mol. The van der Waals surface area contributed by atoms with Crippen LogP contribution >= 0.6 is 0 Å². The number of hydrogen-bond acceptors (Lipinski definition) is 4. The second-order valence-corrected chi connectivity index (χ2v) is 4.55. The van der Waals surface area contributed by atoms with Crippen LogP contribution in [-0.4, -0.2) is 27.6 Å². The van der Waals surface area contributed by atoms with Gasteiger partial charge < -0.3 is 9.53 Å². The molecule has 1 saturated heterocycles. The van der Waals surface area contributed by atoms with Gasteiger partial charge in [0.1, 0.15) is 12.4 Å². The minimum atomic E-state index is -1.88. The van der Waals surface area contributed by atoms with Crippen molar-refractivity contribution in [3.63, 3.8) is 0 Å². The first-order chi connectivity index (χ1) is 8.37. The molecule has 18 heavy (non-hydrogen) atoms. The van der Waals surface area contributed by atoms with Crippen molar-refractivity contribution in [1.29, 1.82) is 0 Å². The van der Waals surface area contributed by atoms with Gasteiger partial charge in [-0.25, -0.2) is 9.18 Å². The highest BCUT2D eigenvalue weighted by molar-refractivity contribution is 5.57. The average Bonchev–Trinajstić information content (AvgIpc) is 2.52. The summed E-state index contributed by atoms with van der Waals surface area (Å²) < 4.78 is 20.7. The molecule has 1 N–H and O–H groups in total. The van der Waals surface area contributed by atoms with E-state index in [1.807, 2.05) is 4.98 Å². The number of rotatable bonds is 2. The molecule has 0 amide bonds. The van der Waals surface area contributed by atoms with Crippen LogP contribution < -0.4 is 11.2 Å². The minimum absolute atomic E-state index is 0.513. The van der Waals surface area contributed by atoms with Crippen molar-refractivity contribution in [1.82, 2.24) is 9.55 Å². The molecule has 1 fully saturated rings. The van der Waals surface area contributed by atoms with Gasteiger partial charge in [0.2, 0.25) is 0 Å². The first-order valence-electron chi connectivity index (χ1n) is 5.49. The molecular weight excluding hydrogens is 243 g/mol. The van der Waals surface area contributed by atoms with Gasteiger partial charge in [0.25, 0.3) is 5.56 Å². The second kappa shape index (κ2) is 4.16. The maximum absolute atomic E-state index is 14.5. The van der Waals surface area contributed by atoms with Gasteiger partial charge >= 0.3 is 5.69 Å². The van der Waals surface area contributed by atoms with E-state index in [1.54, 1.807) is 0 Å². The second-order valence-electron chi connectivity index (χ2n) is 4.55. The van der Waals surface area contributed by atoms with Gasteiger partial charge in [-0.05, 0) is 6.92 Å². The smallest absolute Gasteiger partial charge is 0.330 e. The number of aromatic nitrogens is 2. The summed E-state index contributed by atoms with van der Waals surface area (Å²) in [4.78, 5) is 35.3. The van der Waals surface area contributed by atoms with Crippen LogP contribution in [0.25, 0.3) is 0 Å². The molecule has 0 spiro atoms. The Kier molecular flexibility index (Phi) is 2.94. The van der Waals surface area contributed by atoms with E-state index in [4.69, 9.17) is 4.74 Å². The number of carbonyl (C=O) groups excluding carboxylic acids is 1. The zero-order valence-corrected chi connectivity index (χ0v) is 9.92. The lowest BCUT2D eigenvalue weighted by Crippen LogP contribution is -2.40. The molecule has 0 aliphatic carbocycles. The Morgan fingerprint density at radius 2 is 2.22 bits per heavy atom. The number of halogens is 1. The fourth-order valence-electron chi connectivity index (χ4n) is 2.05. The standard InChI is InChI=1S/C11H13FN2O4/c1-6-7(5-15)18-9(11(6,2)12)14-4-3-8(16)13-10(14)17/h3-7,9H,1-2H3,(H,13,16,17)/t6-,7-,9-,11-/m1/s1. The molecule has 0 radical (unpaired) electrons. The Labute approximate surface area is 101 Å². The number of carbonyl (C=O) groups is 1. The normalized spacial score (nSPS) is 35.6. The molecular formula is C11H13FN2O4. The Morgan fingerprint density at radius 3 is 2.72 bits per heavy atom. The Morgan fingerprint density at radius 1 is 1.56 bits per heavy atom. The van der Waals surface area contributed by atoms with Gasteiger partial charge in [-0.1, -0.05) is 6.92 Å². The lowest BCUT2D eigenvalue weighted by atomic mass is 9.90. The molecule has 0 bridgehead atoms. The van der Waals surface area contributed by atoms with E-state index >= 15 is 0 Å². The fraction of sp³-hybridized carbons (Fsp3) is 0.545. The molecule has 0 saturated carbocycles. The molecule has 6 nitrogen and oxygen atoms in total. The maximum atomic E-state index is 14.5. The minimum Gasteiger partial charge on any atom is -0.343 e. The molecule has 98 valence electrons. The number of nitrogens with zero attached hydrogens (tertiary/aromatic N) is 1. The highest BCUT2D eigenvalue weighted by atomic mass is 19.1. The van der Waals surface area contributed by atoms with Gasteiger partial charge in [-0.2, -0.15) is 0 Å². The number of ether oxygens (including phenoxy) is 1. The van der Waals surface area contributed by atoms with Crippen LogP contribution in [0.15, 0.2) is 21.9 Å². The van der Waals surface area contributed by atoms with Crippen LogP contribution in [0.2, 0.25) is 0 Å². The third-order valence-corrected chi connectivity index (χ3v) is 3.39. The van der Waals surface area contributed by atoms with Crippen LogP contribution in [-0.2, 0) is 9.53 Å². The highest BCUT2D eigenvalue weighted by Crippen LogP contribution is 2.43. The van der Waals surface area contributed by atoms with E-state index < -0.39 is 35.2 Å². The van der Waals surface area contributed by atoms with Crippen molar-refractivity contribution in [3.05, 3.63) is 33.1 Å². The van der Waals surface area contributed by atoms with E-state index in [9.17, 15) is 18.8 Å². The number of alkyl halides is 1. The van der Waals surface area contributed by atoms with Crippen molar-refractivity contribution in [2.75, 3.05) is 0 Å². The average molecular weight is 256 g/mol. The quantitative estimate of drug-likeness (QED) is 0.755. The van der Waals surface area contributed by atoms with Crippen LogP contribution in [0.3, 0.4) is 0 Å². The molecule has 2 heterocycles. The summed E-state index contributed by atoms with van der Waals surface area (Å²) in [6, 6.07) is 1.10. The maximum Gasteiger partial charge on any atom is 0.330 e. The molecule has 4 atom stereocenters. The molecule has 0 aromatic carbocycles. The molecule has 1 aromatic heterocycles. The van der Waals surface area contributed by atoms with Crippen molar-refractivity contribution >= 4 is 6.29 Å². The zero-order valence-electron chi connectivity index (χ0n) is 9.92. The Bertz CT molecular complexity index is 577. The zero-order chi connectivity index (χ0) is 13.5. The van der Waals surface area contributed by atoms with E-state index in [-0.39, 0.29) is 0 Å². The lowest BCUT2D eigenvalue weighted by Gasteiger charge is -2.25. The summed E-state index contributed by atoms with van der Waals surface area (Å²) in [6.07, 6.45) is -0.473. The van der Waals surface area contributed by atoms with Crippen LogP contribution in [0.1, 0.15) is 20.1 Å². The highest BCUT2D eigenvalue weighted by Gasteiger charge is 2.53. The van der Waals surface area contributed by atoms with E-state index in [0.717, 1.165) is 16.8 Å². The van der Waals surface area contributed by atoms with Crippen molar-refractivity contribution in [2.45, 2.75) is 31.8 Å². The summed E-state index contributed by atoms with van der Waals surface area (Å²) in [6.45, 7) is 2.80. The van der Waals surface area contributed by atoms with E-state index in [1.165, 1.54) is 13.8 Å². The first-order valence-corrected chi connectivity index (χ1v) is 5.49. The molecule has 7 heteroatoms. The number of hydrogen-bond donors (Lipinski definition) is 1. The van der Waals surface area contributed by atoms with Crippen LogP contribution in [0.5, 0.6) is 0 Å². The number of nitrogens with one attached hydrogen (secondary N) is 1. The molecule has 1 aromatic rings. The summed E-state index contributed by atoms with van der Waals surface area (Å²) in [5.41, 5.74) is -3.22. The molecule has 1 aliphatic heterocycles. The van der Waals surface area contributed by atoms with Gasteiger partial charge in [0.05, 0.1) is 0 Å². The predicted molar refractivity (Wildman–Crippen MR) is 60.0 cm³/mol. The summed E-state index contributed by atoms with van der Waals surface area (Å²) in [5.74, 6) is -0.682. The van der Waals surface area contributed by atoms with Crippen molar-refractivity contribution in [3.8, 4) is 0 Å². The third-order valence-electron chi connectivity index (χ3n) is 3.39. The van der Waals surface area contributed by atoms with Crippen molar-refractivity contribution < 1.29 is 13.9 Å². The molecule has 0 unspecified atom stereocenters. The SMILES string of the molecule is C[C@@H]1[C@@H](C=O)O[C@@H](n2ccc(=O)[nH]c2=O)[C@]1(C)F. The summed E-state index contributed by atoms with van der Waals surface area (Å²) in [7, 11) is 0. The number of H-pyrrole nitrogens is 1. The Balaban J connectivity index is 2.48. The molecule has 2 rings (SSSR count). The number of aldehydes is 1. The topological polar surface area (TPSA) is 81.2 Å². The van der Waals surface area contributed by atoms with Crippen LogP contribution in [0.4, 0.5) is 4.39 Å². The number of aromatic amines is 1. The first kappa shape index (κ1) is 12.7. The van der Waals surface area contributed by atoms with Gasteiger partial charge in [0.15, 0.2) is 11.9 Å². The van der Waals surface area contributed by atoms with Crippen molar-refractivity contribution in [2.24, 2.45) is 5.92 Å². The lowest BCUT2D eigenvalue weighted by molar-refractivity contribution is -0.121.